The van der Waals surface area contributed by atoms with Crippen molar-refractivity contribution in [2.75, 3.05) is 13.2 Å². The van der Waals surface area contributed by atoms with Crippen LogP contribution in [0.3, 0.4) is 0 Å². The molecule has 6 nitrogen and oxygen atoms in total. The fourth-order valence-electron chi connectivity index (χ4n) is 3.41. The number of amides is 1. The van der Waals surface area contributed by atoms with E-state index < -0.39 is 10.0 Å². The predicted molar refractivity (Wildman–Crippen MR) is 85.6 cm³/mol. The maximum atomic E-state index is 12.6. The molecule has 23 heavy (non-hydrogen) atoms. The molecule has 1 aromatic rings. The van der Waals surface area contributed by atoms with E-state index in [2.05, 4.69) is 10.0 Å². The molecule has 1 aromatic carbocycles. The monoisotopic (exact) mass is 338 g/mol. The van der Waals surface area contributed by atoms with Gasteiger partial charge in [0, 0.05) is 24.8 Å². The topological polar surface area (TPSA) is 95.5 Å². The number of aliphatic hydroxyl groups excluding tert-OH is 1. The summed E-state index contributed by atoms with van der Waals surface area (Å²) >= 11 is 0. The number of hydrogen-bond donors (Lipinski definition) is 3. The fourth-order valence-corrected chi connectivity index (χ4v) is 4.77. The summed E-state index contributed by atoms with van der Waals surface area (Å²) in [5.41, 5.74) is 1.31. The van der Waals surface area contributed by atoms with Crippen molar-refractivity contribution >= 4 is 15.9 Å². The lowest BCUT2D eigenvalue weighted by Gasteiger charge is -2.30. The van der Waals surface area contributed by atoms with Gasteiger partial charge in [-0.15, -0.1) is 0 Å². The number of benzene rings is 1. The molecule has 1 fully saturated rings. The maximum Gasteiger partial charge on any atom is 0.251 e. The van der Waals surface area contributed by atoms with E-state index in [0.717, 1.165) is 31.2 Å². The van der Waals surface area contributed by atoms with Crippen LogP contribution >= 0.6 is 0 Å². The van der Waals surface area contributed by atoms with Crippen LogP contribution in [-0.2, 0) is 16.4 Å². The van der Waals surface area contributed by atoms with Gasteiger partial charge in [-0.2, -0.15) is 0 Å². The van der Waals surface area contributed by atoms with Crippen LogP contribution in [0.5, 0.6) is 0 Å². The van der Waals surface area contributed by atoms with E-state index in [1.165, 1.54) is 6.07 Å². The van der Waals surface area contributed by atoms with Crippen LogP contribution in [0.1, 0.15) is 41.6 Å². The average molecular weight is 338 g/mol. The minimum atomic E-state index is -3.70. The van der Waals surface area contributed by atoms with Gasteiger partial charge in [0.15, 0.2) is 0 Å². The van der Waals surface area contributed by atoms with E-state index in [-0.39, 0.29) is 29.4 Å². The predicted octanol–water partition coefficient (Wildman–Crippen LogP) is 0.802. The second-order valence-electron chi connectivity index (χ2n) is 6.28. The molecule has 0 saturated heterocycles. The lowest BCUT2D eigenvalue weighted by atomic mass is 9.86. The molecular weight excluding hydrogens is 316 g/mol. The van der Waals surface area contributed by atoms with Crippen LogP contribution in [0.25, 0.3) is 0 Å². The summed E-state index contributed by atoms with van der Waals surface area (Å²) in [4.78, 5) is 12.0. The van der Waals surface area contributed by atoms with Crippen LogP contribution in [0.2, 0.25) is 0 Å². The van der Waals surface area contributed by atoms with Crippen LogP contribution in [-0.4, -0.2) is 38.6 Å². The van der Waals surface area contributed by atoms with Gasteiger partial charge >= 0.3 is 0 Å². The summed E-state index contributed by atoms with van der Waals surface area (Å²) in [5, 5.41) is 12.2. The molecule has 0 aromatic heterocycles. The number of fused-ring (bicyclic) bond motifs is 1. The molecule has 2 aliphatic rings. The molecule has 3 rings (SSSR count). The van der Waals surface area contributed by atoms with E-state index in [1.807, 2.05) is 0 Å². The highest BCUT2D eigenvalue weighted by molar-refractivity contribution is 7.89. The zero-order valence-electron chi connectivity index (χ0n) is 12.9. The number of carbonyl (C=O) groups is 1. The van der Waals surface area contributed by atoms with Gasteiger partial charge < -0.3 is 10.4 Å². The Morgan fingerprint density at radius 1 is 1.26 bits per heavy atom. The summed E-state index contributed by atoms with van der Waals surface area (Å²) in [6, 6.07) is 4.47. The van der Waals surface area contributed by atoms with E-state index in [4.69, 9.17) is 0 Å². The van der Waals surface area contributed by atoms with Gasteiger partial charge in [-0.1, -0.05) is 18.9 Å². The largest absolute Gasteiger partial charge is 0.396 e. The van der Waals surface area contributed by atoms with Gasteiger partial charge in [0.1, 0.15) is 0 Å². The number of rotatable bonds is 4. The van der Waals surface area contributed by atoms with Crippen molar-refractivity contribution in [2.24, 2.45) is 5.92 Å². The Morgan fingerprint density at radius 2 is 2.04 bits per heavy atom. The van der Waals surface area contributed by atoms with Crippen molar-refractivity contribution < 1.29 is 18.3 Å². The van der Waals surface area contributed by atoms with Crippen LogP contribution in [0.4, 0.5) is 0 Å². The quantitative estimate of drug-likeness (QED) is 0.757. The first kappa shape index (κ1) is 16.4. The van der Waals surface area contributed by atoms with Gasteiger partial charge in [0.2, 0.25) is 10.0 Å². The second-order valence-corrected chi connectivity index (χ2v) is 7.99. The van der Waals surface area contributed by atoms with Gasteiger partial charge in [0.25, 0.3) is 5.91 Å². The lowest BCUT2D eigenvalue weighted by Crippen LogP contribution is -2.43. The molecule has 0 unspecified atom stereocenters. The van der Waals surface area contributed by atoms with Crippen LogP contribution in [0.15, 0.2) is 23.1 Å². The Morgan fingerprint density at radius 3 is 2.83 bits per heavy atom. The summed E-state index contributed by atoms with van der Waals surface area (Å²) in [7, 11) is -3.70. The number of hydrogen-bond acceptors (Lipinski definition) is 4. The van der Waals surface area contributed by atoms with Gasteiger partial charge in [-0.25, -0.2) is 13.1 Å². The number of aliphatic hydroxyl groups is 1. The molecule has 2 atom stereocenters. The third kappa shape index (κ3) is 3.41. The first-order valence-corrected chi connectivity index (χ1v) is 9.54. The first-order chi connectivity index (χ1) is 11.0. The van der Waals surface area contributed by atoms with Crippen molar-refractivity contribution in [1.29, 1.82) is 0 Å². The summed E-state index contributed by atoms with van der Waals surface area (Å²) in [5.74, 6) is -0.270. The summed E-state index contributed by atoms with van der Waals surface area (Å²) in [6.45, 7) is 0.566. The molecule has 3 N–H and O–H groups in total. The first-order valence-electron chi connectivity index (χ1n) is 8.05. The minimum Gasteiger partial charge on any atom is -0.396 e. The molecule has 7 heteroatoms. The zero-order valence-corrected chi connectivity index (χ0v) is 13.7. The van der Waals surface area contributed by atoms with E-state index in [1.54, 1.807) is 12.1 Å². The molecule has 1 amide bonds. The Labute approximate surface area is 136 Å². The molecular formula is C16H22N2O4S. The standard InChI is InChI=1S/C16H22N2O4S/c19-10-12-3-1-2-4-15(12)18-23(21,22)13-6-5-11-7-8-17-16(20)14(11)9-13/h5-6,9,12,15,18-19H,1-4,7-8,10H2,(H,17,20)/t12-,15+/m1/s1. The molecule has 126 valence electrons. The Kier molecular flexibility index (Phi) is 4.70. The molecule has 1 saturated carbocycles. The molecule has 1 aliphatic heterocycles. The number of sulfonamides is 1. The van der Waals surface area contributed by atoms with Crippen molar-refractivity contribution in [3.05, 3.63) is 29.3 Å². The van der Waals surface area contributed by atoms with Crippen molar-refractivity contribution in [2.45, 2.75) is 43.0 Å². The van der Waals surface area contributed by atoms with E-state index in [0.29, 0.717) is 18.5 Å². The highest BCUT2D eigenvalue weighted by atomic mass is 32.2. The lowest BCUT2D eigenvalue weighted by molar-refractivity contribution is 0.0945. The molecule has 0 spiro atoms. The molecule has 0 bridgehead atoms. The van der Waals surface area contributed by atoms with Crippen molar-refractivity contribution in [3.8, 4) is 0 Å². The summed E-state index contributed by atoms with van der Waals surface area (Å²) in [6.07, 6.45) is 4.24. The zero-order chi connectivity index (χ0) is 16.4. The van der Waals surface area contributed by atoms with E-state index >= 15 is 0 Å². The average Bonchev–Trinajstić information content (AvgIpc) is 2.55. The number of nitrogens with one attached hydrogen (secondary N) is 2. The highest BCUT2D eigenvalue weighted by Crippen LogP contribution is 2.26. The van der Waals surface area contributed by atoms with Gasteiger partial charge in [0.05, 0.1) is 4.90 Å². The third-order valence-corrected chi connectivity index (χ3v) is 6.25. The Balaban J connectivity index is 1.85. The maximum absolute atomic E-state index is 12.6. The van der Waals surface area contributed by atoms with Crippen LogP contribution in [0, 0.1) is 5.92 Å². The van der Waals surface area contributed by atoms with Crippen molar-refractivity contribution in [1.82, 2.24) is 10.0 Å². The highest BCUT2D eigenvalue weighted by Gasteiger charge is 2.30. The van der Waals surface area contributed by atoms with Crippen LogP contribution < -0.4 is 10.0 Å². The normalized spacial score (nSPS) is 24.8. The fraction of sp³-hybridized carbons (Fsp3) is 0.562. The van der Waals surface area contributed by atoms with Gasteiger partial charge in [-0.05, 0) is 42.9 Å². The smallest absolute Gasteiger partial charge is 0.251 e. The minimum absolute atomic E-state index is 0.0141. The SMILES string of the molecule is O=C1NCCc2ccc(S(=O)(=O)N[C@H]3CCCC[C@@H]3CO)cc21. The summed E-state index contributed by atoms with van der Waals surface area (Å²) < 4.78 is 28.0. The van der Waals surface area contributed by atoms with E-state index in [9.17, 15) is 18.3 Å². The van der Waals surface area contributed by atoms with Crippen molar-refractivity contribution in [3.63, 3.8) is 0 Å². The Hall–Kier alpha value is -1.44. The second kappa shape index (κ2) is 6.59. The Bertz CT molecular complexity index is 702. The third-order valence-electron chi connectivity index (χ3n) is 4.77. The number of carbonyl (C=O) groups excluding carboxylic acids is 1. The van der Waals surface area contributed by atoms with Gasteiger partial charge in [-0.3, -0.25) is 4.79 Å². The molecule has 1 aliphatic carbocycles. The molecule has 1 heterocycles. The molecule has 0 radical (unpaired) electrons.